The zero-order chi connectivity index (χ0) is 21.3. The van der Waals surface area contributed by atoms with E-state index in [2.05, 4.69) is 10.6 Å². The molecule has 29 heavy (non-hydrogen) atoms. The van der Waals surface area contributed by atoms with Gasteiger partial charge in [-0.15, -0.1) is 0 Å². The maximum absolute atomic E-state index is 13.9. The topological polar surface area (TPSA) is 116 Å². The highest BCUT2D eigenvalue weighted by molar-refractivity contribution is 7.90. The van der Waals surface area contributed by atoms with E-state index in [0.29, 0.717) is 12.1 Å². The lowest BCUT2D eigenvalue weighted by molar-refractivity contribution is -0.122. The Balaban J connectivity index is 1.81. The van der Waals surface area contributed by atoms with E-state index in [1.54, 1.807) is 0 Å². The average molecular weight is 429 g/mol. The number of hydrogen-bond donors (Lipinski definition) is 3. The van der Waals surface area contributed by atoms with E-state index >= 15 is 0 Å². The van der Waals surface area contributed by atoms with Gasteiger partial charge in [-0.2, -0.15) is 0 Å². The smallest absolute Gasteiger partial charge is 0.336 e. The number of rotatable bonds is 5. The molecule has 0 radical (unpaired) electrons. The quantitative estimate of drug-likeness (QED) is 0.666. The number of benzene rings is 2. The Morgan fingerprint density at radius 1 is 1.14 bits per heavy atom. The fraction of sp³-hybridized carbons (Fsp3) is 0.176. The second-order valence-corrected chi connectivity index (χ2v) is 7.88. The molecule has 3 N–H and O–H groups in total. The maximum atomic E-state index is 13.9. The molecule has 12 heteroatoms. The van der Waals surface area contributed by atoms with Gasteiger partial charge in [0.2, 0.25) is 5.91 Å². The zero-order valence-electron chi connectivity index (χ0n) is 14.5. The van der Waals surface area contributed by atoms with E-state index in [1.807, 2.05) is 0 Å². The second kappa shape index (κ2) is 7.72. The minimum absolute atomic E-state index is 0.144. The molecule has 1 aliphatic heterocycles. The van der Waals surface area contributed by atoms with Gasteiger partial charge in [0.15, 0.2) is 0 Å². The molecule has 1 aliphatic rings. The molecule has 154 valence electrons. The van der Waals surface area contributed by atoms with Crippen LogP contribution in [-0.2, 0) is 14.8 Å². The highest BCUT2D eigenvalue weighted by atomic mass is 32.2. The molecule has 3 rings (SSSR count). The van der Waals surface area contributed by atoms with Crippen molar-refractivity contribution in [1.82, 2.24) is 9.62 Å². The highest BCUT2D eigenvalue weighted by Crippen LogP contribution is 2.30. The van der Waals surface area contributed by atoms with Crippen molar-refractivity contribution in [3.63, 3.8) is 0 Å². The number of amides is 3. The molecule has 3 amide bonds. The van der Waals surface area contributed by atoms with Crippen LogP contribution in [0.4, 0.5) is 23.7 Å². The van der Waals surface area contributed by atoms with E-state index in [9.17, 15) is 36.3 Å². The summed E-state index contributed by atoms with van der Waals surface area (Å²) in [5.41, 5.74) is -0.379. The number of aliphatic hydroxyl groups excluding tert-OH is 1. The number of carbonyl (C=O) groups is 2. The van der Waals surface area contributed by atoms with Crippen LogP contribution in [0.1, 0.15) is 11.6 Å². The van der Waals surface area contributed by atoms with Crippen molar-refractivity contribution in [3.8, 4) is 0 Å². The molecule has 0 saturated carbocycles. The molecular formula is C17H14F3N3O5S. The molecule has 1 heterocycles. The SMILES string of the molecule is O=C(CN1C(=O)Nc2ccc(F)cc2S1(=O)=O)N[C@H](CO)c1ccc(F)cc1F. The summed E-state index contributed by atoms with van der Waals surface area (Å²) in [7, 11) is -4.54. The number of nitrogens with one attached hydrogen (secondary N) is 2. The van der Waals surface area contributed by atoms with Crippen LogP contribution in [0.3, 0.4) is 0 Å². The van der Waals surface area contributed by atoms with Gasteiger partial charge >= 0.3 is 6.03 Å². The first-order valence-electron chi connectivity index (χ1n) is 8.12. The molecule has 0 aliphatic carbocycles. The van der Waals surface area contributed by atoms with Crippen LogP contribution in [0.15, 0.2) is 41.3 Å². The molecule has 0 saturated heterocycles. The van der Waals surface area contributed by atoms with Gasteiger partial charge in [0.1, 0.15) is 28.9 Å². The predicted octanol–water partition coefficient (Wildman–Crippen LogP) is 1.49. The molecule has 2 aromatic carbocycles. The summed E-state index contributed by atoms with van der Waals surface area (Å²) < 4.78 is 65.7. The lowest BCUT2D eigenvalue weighted by Crippen LogP contribution is -2.49. The third kappa shape index (κ3) is 4.03. The van der Waals surface area contributed by atoms with Gasteiger partial charge in [0.05, 0.1) is 18.3 Å². The van der Waals surface area contributed by atoms with Gasteiger partial charge in [-0.05, 0) is 24.3 Å². The third-order valence-electron chi connectivity index (χ3n) is 4.12. The summed E-state index contributed by atoms with van der Waals surface area (Å²) in [6.07, 6.45) is 0. The number of halogens is 3. The Bertz CT molecular complexity index is 1090. The number of hydrogen-bond acceptors (Lipinski definition) is 5. The normalized spacial score (nSPS) is 16.0. The standard InChI is InChI=1S/C17H14F3N3O5S/c18-9-1-3-11(12(20)5-9)14(8-24)21-16(25)7-23-17(26)22-13-4-2-10(19)6-15(13)29(23,27)28/h1-6,14,24H,7-8H2,(H,21,25)(H,22,26)/t14-/m1/s1. The van der Waals surface area contributed by atoms with Gasteiger partial charge in [0, 0.05) is 11.6 Å². The first-order chi connectivity index (χ1) is 13.6. The van der Waals surface area contributed by atoms with Crippen molar-refractivity contribution in [3.05, 3.63) is 59.4 Å². The minimum Gasteiger partial charge on any atom is -0.394 e. The fourth-order valence-electron chi connectivity index (χ4n) is 2.75. The van der Waals surface area contributed by atoms with Crippen LogP contribution in [0.25, 0.3) is 0 Å². The molecule has 0 fully saturated rings. The van der Waals surface area contributed by atoms with Gasteiger partial charge in [0.25, 0.3) is 10.0 Å². The van der Waals surface area contributed by atoms with Crippen LogP contribution >= 0.6 is 0 Å². The molecular weight excluding hydrogens is 415 g/mol. The van der Waals surface area contributed by atoms with Crippen molar-refractivity contribution in [2.45, 2.75) is 10.9 Å². The largest absolute Gasteiger partial charge is 0.394 e. The van der Waals surface area contributed by atoms with E-state index in [-0.39, 0.29) is 15.6 Å². The first-order valence-corrected chi connectivity index (χ1v) is 9.56. The number of fused-ring (bicyclic) bond motifs is 1. The van der Waals surface area contributed by atoms with Gasteiger partial charge in [-0.3, -0.25) is 4.79 Å². The Labute approximate surface area is 163 Å². The number of carbonyl (C=O) groups excluding carboxylic acids is 2. The van der Waals surface area contributed by atoms with E-state index in [4.69, 9.17) is 0 Å². The molecule has 0 bridgehead atoms. The van der Waals surface area contributed by atoms with Crippen LogP contribution in [0.5, 0.6) is 0 Å². The molecule has 0 aromatic heterocycles. The summed E-state index contributed by atoms with van der Waals surface area (Å²) in [4.78, 5) is 23.9. The molecule has 8 nitrogen and oxygen atoms in total. The van der Waals surface area contributed by atoms with Crippen LogP contribution < -0.4 is 10.6 Å². The van der Waals surface area contributed by atoms with E-state index in [0.717, 1.165) is 24.3 Å². The van der Waals surface area contributed by atoms with Crippen molar-refractivity contribution in [2.75, 3.05) is 18.5 Å². The molecule has 1 atom stereocenters. The lowest BCUT2D eigenvalue weighted by Gasteiger charge is -2.28. The average Bonchev–Trinajstić information content (AvgIpc) is 2.64. The van der Waals surface area contributed by atoms with Crippen LogP contribution in [0.2, 0.25) is 0 Å². The van der Waals surface area contributed by atoms with Crippen molar-refractivity contribution in [1.29, 1.82) is 0 Å². The first kappa shape index (κ1) is 20.6. The third-order valence-corrected chi connectivity index (χ3v) is 5.89. The highest BCUT2D eigenvalue weighted by Gasteiger charge is 2.38. The number of anilines is 1. The van der Waals surface area contributed by atoms with Crippen molar-refractivity contribution in [2.24, 2.45) is 0 Å². The molecule has 0 spiro atoms. The van der Waals surface area contributed by atoms with Crippen molar-refractivity contribution >= 4 is 27.6 Å². The number of sulfonamides is 1. The second-order valence-electron chi connectivity index (χ2n) is 6.05. The summed E-state index contributed by atoms with van der Waals surface area (Å²) >= 11 is 0. The monoisotopic (exact) mass is 429 g/mol. The van der Waals surface area contributed by atoms with Crippen LogP contribution in [-0.4, -0.2) is 42.9 Å². The molecule has 2 aromatic rings. The van der Waals surface area contributed by atoms with Crippen LogP contribution in [0, 0.1) is 17.5 Å². The number of nitrogens with zero attached hydrogens (tertiary/aromatic N) is 1. The zero-order valence-corrected chi connectivity index (χ0v) is 15.3. The Hall–Kier alpha value is -3.12. The van der Waals surface area contributed by atoms with Gasteiger partial charge in [-0.25, -0.2) is 30.7 Å². The predicted molar refractivity (Wildman–Crippen MR) is 93.6 cm³/mol. The Kier molecular flexibility index (Phi) is 5.48. The minimum atomic E-state index is -4.54. The fourth-order valence-corrected chi connectivity index (χ4v) is 4.20. The lowest BCUT2D eigenvalue weighted by atomic mass is 10.1. The maximum Gasteiger partial charge on any atom is 0.336 e. The summed E-state index contributed by atoms with van der Waals surface area (Å²) in [5, 5.41) is 13.8. The van der Waals surface area contributed by atoms with Gasteiger partial charge < -0.3 is 15.7 Å². The Morgan fingerprint density at radius 3 is 2.45 bits per heavy atom. The Morgan fingerprint density at radius 2 is 1.79 bits per heavy atom. The summed E-state index contributed by atoms with van der Waals surface area (Å²) in [5.74, 6) is -3.81. The van der Waals surface area contributed by atoms with E-state index in [1.165, 1.54) is 0 Å². The van der Waals surface area contributed by atoms with Gasteiger partial charge in [-0.1, -0.05) is 6.07 Å². The summed E-state index contributed by atoms with van der Waals surface area (Å²) in [6, 6.07) is 2.74. The number of urea groups is 1. The summed E-state index contributed by atoms with van der Waals surface area (Å²) in [6.45, 7) is -1.79. The number of aliphatic hydroxyl groups is 1. The molecule has 0 unspecified atom stereocenters. The van der Waals surface area contributed by atoms with E-state index < -0.39 is 63.5 Å². The van der Waals surface area contributed by atoms with Crippen molar-refractivity contribution < 1.29 is 36.3 Å².